The minimum absolute atomic E-state index is 0.0437. The number of nitrogens with one attached hydrogen (secondary N) is 3. The van der Waals surface area contributed by atoms with Gasteiger partial charge in [-0.05, 0) is 61.1 Å². The molecule has 0 aliphatic rings. The van der Waals surface area contributed by atoms with Crippen molar-refractivity contribution < 1.29 is 9.59 Å². The van der Waals surface area contributed by atoms with E-state index in [-0.39, 0.29) is 22.8 Å². The summed E-state index contributed by atoms with van der Waals surface area (Å²) in [6.07, 6.45) is 0. The standard InChI is InChI=1S/C19H20BrN3O2S/c1-11(2)17(24)21-14-6-8-15(9-7-14)22-19(26)23-18(25)13-5-4-12(3)16(20)10-13/h4-11H,1-3H3,(H,21,24)(H2,22,23,25,26). The van der Waals surface area contributed by atoms with Gasteiger partial charge in [0.2, 0.25) is 5.91 Å². The van der Waals surface area contributed by atoms with Crippen LogP contribution in [0.5, 0.6) is 0 Å². The predicted molar refractivity (Wildman–Crippen MR) is 112 cm³/mol. The zero-order valence-electron chi connectivity index (χ0n) is 14.7. The lowest BCUT2D eigenvalue weighted by Gasteiger charge is -2.11. The number of halogens is 1. The van der Waals surface area contributed by atoms with Crippen molar-refractivity contribution in [2.45, 2.75) is 20.8 Å². The van der Waals surface area contributed by atoms with Crippen molar-refractivity contribution in [3.8, 4) is 0 Å². The molecule has 0 heterocycles. The maximum Gasteiger partial charge on any atom is 0.257 e. The van der Waals surface area contributed by atoms with Crippen LogP contribution in [0.1, 0.15) is 29.8 Å². The number of hydrogen-bond acceptors (Lipinski definition) is 3. The number of carbonyl (C=O) groups excluding carboxylic acids is 2. The van der Waals surface area contributed by atoms with E-state index in [0.717, 1.165) is 10.0 Å². The molecule has 0 unspecified atom stereocenters. The van der Waals surface area contributed by atoms with Gasteiger partial charge in [0, 0.05) is 27.3 Å². The Balaban J connectivity index is 1.93. The number of rotatable bonds is 4. The maximum absolute atomic E-state index is 12.2. The van der Waals surface area contributed by atoms with Crippen LogP contribution in [-0.4, -0.2) is 16.9 Å². The van der Waals surface area contributed by atoms with Crippen molar-refractivity contribution in [1.29, 1.82) is 0 Å². The fraction of sp³-hybridized carbons (Fsp3) is 0.211. The molecule has 0 spiro atoms. The van der Waals surface area contributed by atoms with Gasteiger partial charge >= 0.3 is 0 Å². The van der Waals surface area contributed by atoms with Crippen molar-refractivity contribution in [1.82, 2.24) is 5.32 Å². The van der Waals surface area contributed by atoms with Crippen molar-refractivity contribution in [3.05, 3.63) is 58.1 Å². The first-order valence-electron chi connectivity index (χ1n) is 8.05. The number of aryl methyl sites for hydroxylation is 1. The Labute approximate surface area is 166 Å². The number of amides is 2. The molecule has 5 nitrogen and oxygen atoms in total. The van der Waals surface area contributed by atoms with E-state index in [2.05, 4.69) is 31.9 Å². The second-order valence-electron chi connectivity index (χ2n) is 6.09. The van der Waals surface area contributed by atoms with E-state index in [1.54, 1.807) is 36.4 Å². The second kappa shape index (κ2) is 8.91. The molecule has 0 radical (unpaired) electrons. The largest absolute Gasteiger partial charge is 0.332 e. The number of carbonyl (C=O) groups is 2. The minimum Gasteiger partial charge on any atom is -0.332 e. The molecule has 2 aromatic carbocycles. The molecule has 0 aliphatic heterocycles. The van der Waals surface area contributed by atoms with Crippen LogP contribution in [0.2, 0.25) is 0 Å². The molecule has 2 amide bonds. The molecular weight excluding hydrogens is 414 g/mol. The van der Waals surface area contributed by atoms with E-state index in [1.807, 2.05) is 26.8 Å². The van der Waals surface area contributed by atoms with Crippen molar-refractivity contribution in [2.75, 3.05) is 10.6 Å². The van der Waals surface area contributed by atoms with E-state index < -0.39 is 0 Å². The average molecular weight is 434 g/mol. The molecule has 0 aromatic heterocycles. The molecule has 0 saturated carbocycles. The molecule has 0 atom stereocenters. The highest BCUT2D eigenvalue weighted by Crippen LogP contribution is 2.18. The highest BCUT2D eigenvalue weighted by Gasteiger charge is 2.10. The van der Waals surface area contributed by atoms with Crippen LogP contribution < -0.4 is 16.0 Å². The lowest BCUT2D eigenvalue weighted by molar-refractivity contribution is -0.118. The van der Waals surface area contributed by atoms with Gasteiger partial charge in [-0.3, -0.25) is 14.9 Å². The Morgan fingerprint density at radius 1 is 1.00 bits per heavy atom. The van der Waals surface area contributed by atoms with Gasteiger partial charge in [-0.25, -0.2) is 0 Å². The Morgan fingerprint density at radius 3 is 2.12 bits per heavy atom. The summed E-state index contributed by atoms with van der Waals surface area (Å²) in [6, 6.07) is 12.4. The lowest BCUT2D eigenvalue weighted by Crippen LogP contribution is -2.34. The summed E-state index contributed by atoms with van der Waals surface area (Å²) >= 11 is 8.59. The summed E-state index contributed by atoms with van der Waals surface area (Å²) in [5.41, 5.74) is 2.97. The second-order valence-corrected chi connectivity index (χ2v) is 7.36. The first-order chi connectivity index (χ1) is 12.3. The van der Waals surface area contributed by atoms with Gasteiger partial charge < -0.3 is 10.6 Å². The Morgan fingerprint density at radius 2 is 1.58 bits per heavy atom. The fourth-order valence-corrected chi connectivity index (χ4v) is 2.58. The molecule has 3 N–H and O–H groups in total. The Bertz CT molecular complexity index is 835. The smallest absolute Gasteiger partial charge is 0.257 e. The van der Waals surface area contributed by atoms with Crippen LogP contribution in [0.25, 0.3) is 0 Å². The summed E-state index contributed by atoms with van der Waals surface area (Å²) < 4.78 is 0.864. The fourth-order valence-electron chi connectivity index (χ4n) is 2.00. The van der Waals surface area contributed by atoms with Crippen LogP contribution in [0.3, 0.4) is 0 Å². The molecule has 136 valence electrons. The summed E-state index contributed by atoms with van der Waals surface area (Å²) in [5, 5.41) is 8.60. The Hall–Kier alpha value is -2.25. The van der Waals surface area contributed by atoms with Crippen LogP contribution in [-0.2, 0) is 4.79 Å². The van der Waals surface area contributed by atoms with Gasteiger partial charge in [0.25, 0.3) is 5.91 Å². The van der Waals surface area contributed by atoms with Crippen LogP contribution in [0, 0.1) is 12.8 Å². The minimum atomic E-state index is -0.288. The van der Waals surface area contributed by atoms with Crippen LogP contribution in [0.15, 0.2) is 46.9 Å². The van der Waals surface area contributed by atoms with Gasteiger partial charge in [0.1, 0.15) is 0 Å². The van der Waals surface area contributed by atoms with E-state index in [4.69, 9.17) is 12.2 Å². The zero-order chi connectivity index (χ0) is 19.3. The molecule has 0 aliphatic carbocycles. The maximum atomic E-state index is 12.2. The lowest BCUT2D eigenvalue weighted by atomic mass is 10.1. The SMILES string of the molecule is Cc1ccc(C(=O)NC(=S)Nc2ccc(NC(=O)C(C)C)cc2)cc1Br. The Kier molecular flexibility index (Phi) is 6.88. The van der Waals surface area contributed by atoms with E-state index >= 15 is 0 Å². The van der Waals surface area contributed by atoms with Crippen molar-refractivity contribution >= 4 is 56.4 Å². The first-order valence-corrected chi connectivity index (χ1v) is 9.26. The summed E-state index contributed by atoms with van der Waals surface area (Å²) in [7, 11) is 0. The summed E-state index contributed by atoms with van der Waals surface area (Å²) in [6.45, 7) is 5.61. The van der Waals surface area contributed by atoms with Gasteiger partial charge in [-0.2, -0.15) is 0 Å². The predicted octanol–water partition coefficient (Wildman–Crippen LogP) is 4.48. The zero-order valence-corrected chi connectivity index (χ0v) is 17.1. The quantitative estimate of drug-likeness (QED) is 0.621. The third-order valence-corrected chi connectivity index (χ3v) is 4.65. The molecule has 2 aromatic rings. The van der Waals surface area contributed by atoms with Gasteiger partial charge in [0.05, 0.1) is 0 Å². The molecule has 0 saturated heterocycles. The number of hydrogen-bond donors (Lipinski definition) is 3. The third kappa shape index (κ3) is 5.64. The summed E-state index contributed by atoms with van der Waals surface area (Å²) in [5.74, 6) is -0.417. The summed E-state index contributed by atoms with van der Waals surface area (Å²) in [4.78, 5) is 23.9. The first kappa shape index (κ1) is 20.1. The van der Waals surface area contributed by atoms with Crippen molar-refractivity contribution in [2.24, 2.45) is 5.92 Å². The molecule has 0 fully saturated rings. The van der Waals surface area contributed by atoms with Gasteiger partial charge in [-0.15, -0.1) is 0 Å². The molecule has 26 heavy (non-hydrogen) atoms. The highest BCUT2D eigenvalue weighted by molar-refractivity contribution is 9.10. The average Bonchev–Trinajstić information content (AvgIpc) is 2.58. The number of benzene rings is 2. The van der Waals surface area contributed by atoms with Crippen LogP contribution in [0.4, 0.5) is 11.4 Å². The van der Waals surface area contributed by atoms with E-state index in [9.17, 15) is 9.59 Å². The topological polar surface area (TPSA) is 70.2 Å². The van der Waals surface area contributed by atoms with Gasteiger partial charge in [-0.1, -0.05) is 35.8 Å². The highest BCUT2D eigenvalue weighted by atomic mass is 79.9. The third-order valence-electron chi connectivity index (χ3n) is 3.60. The molecular formula is C19H20BrN3O2S. The van der Waals surface area contributed by atoms with E-state index in [1.165, 1.54) is 0 Å². The number of anilines is 2. The number of thiocarbonyl (C=S) groups is 1. The van der Waals surface area contributed by atoms with E-state index in [0.29, 0.717) is 16.9 Å². The molecule has 0 bridgehead atoms. The molecule has 2 rings (SSSR count). The molecule has 7 heteroatoms. The monoisotopic (exact) mass is 433 g/mol. The van der Waals surface area contributed by atoms with Gasteiger partial charge in [0.15, 0.2) is 5.11 Å². The van der Waals surface area contributed by atoms with Crippen LogP contribution >= 0.6 is 28.1 Å². The normalized spacial score (nSPS) is 10.3. The van der Waals surface area contributed by atoms with Crippen molar-refractivity contribution in [3.63, 3.8) is 0 Å².